The lowest BCUT2D eigenvalue weighted by atomic mass is 10.2. The normalized spacial score (nSPS) is 9.68. The van der Waals surface area contributed by atoms with Gasteiger partial charge in [0.15, 0.2) is 0 Å². The van der Waals surface area contributed by atoms with E-state index in [-0.39, 0.29) is 0 Å². The number of esters is 1. The van der Waals surface area contributed by atoms with Crippen LogP contribution in [0.5, 0.6) is 11.5 Å². The van der Waals surface area contributed by atoms with E-state index < -0.39 is 5.97 Å². The summed E-state index contributed by atoms with van der Waals surface area (Å²) < 4.78 is 15.4. The Kier molecular flexibility index (Phi) is 5.93. The van der Waals surface area contributed by atoms with Crippen molar-refractivity contribution in [3.05, 3.63) is 35.4 Å². The van der Waals surface area contributed by atoms with Crippen LogP contribution in [0.2, 0.25) is 0 Å². The quantitative estimate of drug-likeness (QED) is 0.449. The first-order chi connectivity index (χ1) is 9.06. The van der Waals surface area contributed by atoms with Gasteiger partial charge in [-0.1, -0.05) is 11.6 Å². The summed E-state index contributed by atoms with van der Waals surface area (Å²) in [6.45, 7) is 4.64. The number of rotatable bonds is 6. The molecule has 0 bridgehead atoms. The fourth-order valence-electron chi connectivity index (χ4n) is 1.53. The zero-order valence-electron chi connectivity index (χ0n) is 11.9. The Labute approximate surface area is 114 Å². The molecule has 0 N–H and O–H groups in total. The lowest BCUT2D eigenvalue weighted by Gasteiger charge is -2.09. The number of allylic oxidation sites excluding steroid dienone is 1. The minimum absolute atomic E-state index is 0.409. The van der Waals surface area contributed by atoms with Crippen LogP contribution in [-0.4, -0.2) is 26.8 Å². The lowest BCUT2D eigenvalue weighted by Crippen LogP contribution is -2.03. The van der Waals surface area contributed by atoms with Crippen LogP contribution >= 0.6 is 0 Å². The van der Waals surface area contributed by atoms with Crippen molar-refractivity contribution in [2.75, 3.05) is 20.8 Å². The Morgan fingerprint density at radius 3 is 2.42 bits per heavy atom. The van der Waals surface area contributed by atoms with Crippen LogP contribution in [0.4, 0.5) is 0 Å². The van der Waals surface area contributed by atoms with Crippen molar-refractivity contribution in [2.45, 2.75) is 20.3 Å². The monoisotopic (exact) mass is 264 g/mol. The molecule has 0 saturated carbocycles. The molecule has 0 saturated heterocycles. The van der Waals surface area contributed by atoms with Gasteiger partial charge in [-0.25, -0.2) is 4.79 Å². The Balaban J connectivity index is 2.76. The van der Waals surface area contributed by atoms with Gasteiger partial charge in [0.1, 0.15) is 11.5 Å². The van der Waals surface area contributed by atoms with Crippen molar-refractivity contribution in [3.8, 4) is 11.5 Å². The molecule has 1 aromatic carbocycles. The minimum atomic E-state index is -0.409. The summed E-state index contributed by atoms with van der Waals surface area (Å²) in [6, 6.07) is 5.01. The first kappa shape index (κ1) is 15.1. The van der Waals surface area contributed by atoms with E-state index in [0.29, 0.717) is 23.7 Å². The van der Waals surface area contributed by atoms with Crippen LogP contribution in [0.15, 0.2) is 29.8 Å². The summed E-state index contributed by atoms with van der Waals surface area (Å²) in [7, 11) is 2.89. The highest BCUT2D eigenvalue weighted by atomic mass is 16.5. The van der Waals surface area contributed by atoms with Gasteiger partial charge >= 0.3 is 5.97 Å². The molecule has 0 atom stereocenters. The topological polar surface area (TPSA) is 44.8 Å². The standard InChI is InChI=1S/C15H20O4/c1-11(2)6-5-7-19-14-9-12(15(16)18-4)8-13(10-14)17-3/h6,8-10H,5,7H2,1-4H3. The zero-order valence-corrected chi connectivity index (χ0v) is 11.9. The van der Waals surface area contributed by atoms with E-state index in [9.17, 15) is 4.79 Å². The van der Waals surface area contributed by atoms with Crippen molar-refractivity contribution < 1.29 is 19.0 Å². The Morgan fingerprint density at radius 2 is 1.84 bits per heavy atom. The summed E-state index contributed by atoms with van der Waals surface area (Å²) in [6.07, 6.45) is 2.93. The highest BCUT2D eigenvalue weighted by Crippen LogP contribution is 2.23. The number of ether oxygens (including phenoxy) is 3. The van der Waals surface area contributed by atoms with Crippen LogP contribution in [0.1, 0.15) is 30.6 Å². The van der Waals surface area contributed by atoms with Crippen LogP contribution in [0, 0.1) is 0 Å². The van der Waals surface area contributed by atoms with Crippen molar-refractivity contribution in [2.24, 2.45) is 0 Å². The molecule has 4 heteroatoms. The van der Waals surface area contributed by atoms with Crippen LogP contribution < -0.4 is 9.47 Å². The summed E-state index contributed by atoms with van der Waals surface area (Å²) in [5.41, 5.74) is 1.67. The largest absolute Gasteiger partial charge is 0.497 e. The second-order valence-corrected chi connectivity index (χ2v) is 4.31. The maximum atomic E-state index is 11.5. The first-order valence-corrected chi connectivity index (χ1v) is 6.10. The highest BCUT2D eigenvalue weighted by Gasteiger charge is 2.09. The SMILES string of the molecule is COC(=O)c1cc(OC)cc(OCCC=C(C)C)c1. The molecular formula is C15H20O4. The van der Waals surface area contributed by atoms with E-state index in [2.05, 4.69) is 10.8 Å². The highest BCUT2D eigenvalue weighted by molar-refractivity contribution is 5.90. The van der Waals surface area contributed by atoms with E-state index in [1.54, 1.807) is 25.3 Å². The van der Waals surface area contributed by atoms with E-state index in [0.717, 1.165) is 6.42 Å². The average Bonchev–Trinajstić information content (AvgIpc) is 2.42. The molecule has 19 heavy (non-hydrogen) atoms. The van der Waals surface area contributed by atoms with Gasteiger partial charge < -0.3 is 14.2 Å². The van der Waals surface area contributed by atoms with Crippen molar-refractivity contribution in [1.82, 2.24) is 0 Å². The predicted molar refractivity (Wildman–Crippen MR) is 73.9 cm³/mol. The summed E-state index contributed by atoms with van der Waals surface area (Å²) in [5, 5.41) is 0. The maximum Gasteiger partial charge on any atom is 0.338 e. The van der Waals surface area contributed by atoms with Crippen molar-refractivity contribution >= 4 is 5.97 Å². The summed E-state index contributed by atoms with van der Waals surface area (Å²) in [5.74, 6) is 0.759. The van der Waals surface area contributed by atoms with Gasteiger partial charge in [-0.05, 0) is 32.4 Å². The maximum absolute atomic E-state index is 11.5. The fraction of sp³-hybridized carbons (Fsp3) is 0.400. The molecule has 0 unspecified atom stereocenters. The number of carbonyl (C=O) groups excluding carboxylic acids is 1. The summed E-state index contributed by atoms with van der Waals surface area (Å²) >= 11 is 0. The number of hydrogen-bond acceptors (Lipinski definition) is 4. The van der Waals surface area contributed by atoms with Gasteiger partial charge in [0.2, 0.25) is 0 Å². The van der Waals surface area contributed by atoms with Crippen LogP contribution in [-0.2, 0) is 4.74 Å². The van der Waals surface area contributed by atoms with Crippen molar-refractivity contribution in [1.29, 1.82) is 0 Å². The summed E-state index contributed by atoms with van der Waals surface area (Å²) in [4.78, 5) is 11.5. The molecule has 104 valence electrons. The molecule has 4 nitrogen and oxygen atoms in total. The van der Waals surface area contributed by atoms with Crippen LogP contribution in [0.25, 0.3) is 0 Å². The van der Waals surface area contributed by atoms with Crippen LogP contribution in [0.3, 0.4) is 0 Å². The van der Waals surface area contributed by atoms with Gasteiger partial charge in [-0.15, -0.1) is 0 Å². The van der Waals surface area contributed by atoms with Gasteiger partial charge in [0.05, 0.1) is 26.4 Å². The number of hydrogen-bond donors (Lipinski definition) is 0. The van der Waals surface area contributed by atoms with Gasteiger partial charge in [-0.2, -0.15) is 0 Å². The average molecular weight is 264 g/mol. The van der Waals surface area contributed by atoms with Gasteiger partial charge in [0, 0.05) is 6.07 Å². The third kappa shape index (κ3) is 5.04. The molecule has 0 aliphatic carbocycles. The van der Waals surface area contributed by atoms with E-state index >= 15 is 0 Å². The van der Waals surface area contributed by atoms with E-state index in [1.807, 2.05) is 13.8 Å². The Bertz CT molecular complexity index is 459. The fourth-order valence-corrected chi connectivity index (χ4v) is 1.53. The number of methoxy groups -OCH3 is 2. The lowest BCUT2D eigenvalue weighted by molar-refractivity contribution is 0.0600. The number of carbonyl (C=O) groups is 1. The van der Waals surface area contributed by atoms with E-state index in [1.165, 1.54) is 12.7 Å². The molecular weight excluding hydrogens is 244 g/mol. The molecule has 0 aliphatic rings. The van der Waals surface area contributed by atoms with Crippen molar-refractivity contribution in [3.63, 3.8) is 0 Å². The first-order valence-electron chi connectivity index (χ1n) is 6.10. The number of benzene rings is 1. The second kappa shape index (κ2) is 7.46. The van der Waals surface area contributed by atoms with Gasteiger partial charge in [0.25, 0.3) is 0 Å². The molecule has 0 heterocycles. The molecule has 0 radical (unpaired) electrons. The predicted octanol–water partition coefficient (Wildman–Crippen LogP) is 3.22. The molecule has 0 fully saturated rings. The molecule has 0 aliphatic heterocycles. The molecule has 0 spiro atoms. The Hall–Kier alpha value is -1.97. The Morgan fingerprint density at radius 1 is 1.16 bits per heavy atom. The zero-order chi connectivity index (χ0) is 14.3. The smallest absolute Gasteiger partial charge is 0.338 e. The minimum Gasteiger partial charge on any atom is -0.497 e. The third-order valence-corrected chi connectivity index (χ3v) is 2.48. The molecule has 0 aromatic heterocycles. The molecule has 1 rings (SSSR count). The molecule has 0 amide bonds. The van der Waals surface area contributed by atoms with Gasteiger partial charge in [-0.3, -0.25) is 0 Å². The second-order valence-electron chi connectivity index (χ2n) is 4.31. The molecule has 1 aromatic rings. The third-order valence-electron chi connectivity index (χ3n) is 2.48. The van der Waals surface area contributed by atoms with E-state index in [4.69, 9.17) is 9.47 Å².